The van der Waals surface area contributed by atoms with Gasteiger partial charge in [-0.2, -0.15) is 0 Å². The topological polar surface area (TPSA) is 38.3 Å². The standard InChI is InChI=1S/C19H20BrNO2/c1-12-10-16(23-4)11-13(2)17(12)6-8-19(22)21-15-5-7-18(20)14(3)9-15/h5-11H,1-4H3,(H,21,22)/b8-6+. The lowest BCUT2D eigenvalue weighted by Gasteiger charge is -2.09. The molecule has 120 valence electrons. The van der Waals surface area contributed by atoms with E-state index in [-0.39, 0.29) is 5.91 Å². The summed E-state index contributed by atoms with van der Waals surface area (Å²) >= 11 is 3.45. The third-order valence-electron chi connectivity index (χ3n) is 3.63. The molecule has 0 saturated carbocycles. The molecule has 0 fully saturated rings. The van der Waals surface area contributed by atoms with Gasteiger partial charge in [0, 0.05) is 16.2 Å². The maximum atomic E-state index is 12.1. The monoisotopic (exact) mass is 373 g/mol. The Hall–Kier alpha value is -2.07. The van der Waals surface area contributed by atoms with Gasteiger partial charge in [0.15, 0.2) is 0 Å². The van der Waals surface area contributed by atoms with Crippen LogP contribution >= 0.6 is 15.9 Å². The molecular formula is C19H20BrNO2. The minimum atomic E-state index is -0.152. The first kappa shape index (κ1) is 17.3. The zero-order valence-corrected chi connectivity index (χ0v) is 15.3. The second-order valence-electron chi connectivity index (χ2n) is 5.46. The van der Waals surface area contributed by atoms with E-state index in [1.54, 1.807) is 13.2 Å². The lowest BCUT2D eigenvalue weighted by molar-refractivity contribution is -0.111. The second-order valence-corrected chi connectivity index (χ2v) is 6.32. The molecule has 0 radical (unpaired) electrons. The van der Waals surface area contributed by atoms with E-state index in [9.17, 15) is 4.79 Å². The molecule has 0 aromatic heterocycles. The van der Waals surface area contributed by atoms with E-state index in [0.29, 0.717) is 0 Å². The van der Waals surface area contributed by atoms with Crippen molar-refractivity contribution in [1.82, 2.24) is 0 Å². The van der Waals surface area contributed by atoms with Crippen molar-refractivity contribution in [3.63, 3.8) is 0 Å². The summed E-state index contributed by atoms with van der Waals surface area (Å²) < 4.78 is 6.27. The van der Waals surface area contributed by atoms with Crippen molar-refractivity contribution in [2.45, 2.75) is 20.8 Å². The molecule has 0 unspecified atom stereocenters. The van der Waals surface area contributed by atoms with E-state index in [0.717, 1.165) is 38.2 Å². The number of methoxy groups -OCH3 is 1. The fourth-order valence-electron chi connectivity index (χ4n) is 2.38. The summed E-state index contributed by atoms with van der Waals surface area (Å²) in [6, 6.07) is 9.64. The SMILES string of the molecule is COc1cc(C)c(/C=C/C(=O)Nc2ccc(Br)c(C)c2)c(C)c1. The van der Waals surface area contributed by atoms with Crippen LogP contribution in [0.3, 0.4) is 0 Å². The van der Waals surface area contributed by atoms with Crippen LogP contribution in [-0.2, 0) is 4.79 Å². The predicted molar refractivity (Wildman–Crippen MR) is 99.0 cm³/mol. The van der Waals surface area contributed by atoms with Crippen LogP contribution in [0.5, 0.6) is 5.75 Å². The van der Waals surface area contributed by atoms with Gasteiger partial charge in [0.1, 0.15) is 5.75 Å². The molecule has 0 atom stereocenters. The highest BCUT2D eigenvalue weighted by atomic mass is 79.9. The summed E-state index contributed by atoms with van der Waals surface area (Å²) in [5.41, 5.74) is 5.04. The molecule has 1 N–H and O–H groups in total. The van der Waals surface area contributed by atoms with Crippen LogP contribution in [0.25, 0.3) is 6.08 Å². The van der Waals surface area contributed by atoms with Crippen molar-refractivity contribution in [3.8, 4) is 5.75 Å². The third-order valence-corrected chi connectivity index (χ3v) is 4.52. The lowest BCUT2D eigenvalue weighted by atomic mass is 10.0. The van der Waals surface area contributed by atoms with E-state index >= 15 is 0 Å². The molecule has 2 rings (SSSR count). The summed E-state index contributed by atoms with van der Waals surface area (Å²) in [6.45, 7) is 6.00. The van der Waals surface area contributed by atoms with Gasteiger partial charge in [-0.3, -0.25) is 4.79 Å². The maximum absolute atomic E-state index is 12.1. The molecule has 0 heterocycles. The van der Waals surface area contributed by atoms with Gasteiger partial charge in [-0.05, 0) is 79.4 Å². The lowest BCUT2D eigenvalue weighted by Crippen LogP contribution is -2.08. The zero-order chi connectivity index (χ0) is 17.0. The first-order valence-corrected chi connectivity index (χ1v) is 8.10. The van der Waals surface area contributed by atoms with Crippen LogP contribution < -0.4 is 10.1 Å². The van der Waals surface area contributed by atoms with Crippen LogP contribution in [0.4, 0.5) is 5.69 Å². The van der Waals surface area contributed by atoms with Gasteiger partial charge in [-0.1, -0.05) is 15.9 Å². The van der Waals surface area contributed by atoms with E-state index < -0.39 is 0 Å². The molecule has 0 bridgehead atoms. The summed E-state index contributed by atoms with van der Waals surface area (Å²) in [5, 5.41) is 2.87. The van der Waals surface area contributed by atoms with Crippen LogP contribution in [0.2, 0.25) is 0 Å². The molecule has 0 saturated heterocycles. The zero-order valence-electron chi connectivity index (χ0n) is 13.7. The largest absolute Gasteiger partial charge is 0.497 e. The molecule has 4 heteroatoms. The smallest absolute Gasteiger partial charge is 0.248 e. The van der Waals surface area contributed by atoms with Gasteiger partial charge in [0.25, 0.3) is 0 Å². The highest BCUT2D eigenvalue weighted by Crippen LogP contribution is 2.23. The van der Waals surface area contributed by atoms with Gasteiger partial charge in [0.2, 0.25) is 5.91 Å². The second kappa shape index (κ2) is 7.47. The van der Waals surface area contributed by atoms with Crippen LogP contribution in [0.15, 0.2) is 40.9 Å². The molecule has 23 heavy (non-hydrogen) atoms. The minimum absolute atomic E-state index is 0.152. The molecule has 1 amide bonds. The first-order chi connectivity index (χ1) is 10.9. The number of rotatable bonds is 4. The third kappa shape index (κ3) is 4.45. The highest BCUT2D eigenvalue weighted by molar-refractivity contribution is 9.10. The number of anilines is 1. The van der Waals surface area contributed by atoms with Crippen molar-refractivity contribution in [2.24, 2.45) is 0 Å². The number of benzene rings is 2. The van der Waals surface area contributed by atoms with Crippen molar-refractivity contribution in [1.29, 1.82) is 0 Å². The summed E-state index contributed by atoms with van der Waals surface area (Å²) in [5.74, 6) is 0.674. The number of halogens is 1. The summed E-state index contributed by atoms with van der Waals surface area (Å²) in [4.78, 5) is 12.1. The van der Waals surface area contributed by atoms with Crippen molar-refractivity contribution in [2.75, 3.05) is 12.4 Å². The quantitative estimate of drug-likeness (QED) is 0.762. The number of nitrogens with one attached hydrogen (secondary N) is 1. The van der Waals surface area contributed by atoms with Gasteiger partial charge in [0.05, 0.1) is 7.11 Å². The van der Waals surface area contributed by atoms with E-state index in [4.69, 9.17) is 4.74 Å². The van der Waals surface area contributed by atoms with Crippen LogP contribution in [0, 0.1) is 20.8 Å². The molecule has 3 nitrogen and oxygen atoms in total. The van der Waals surface area contributed by atoms with E-state index in [1.165, 1.54) is 0 Å². The Morgan fingerprint density at radius 2 is 1.74 bits per heavy atom. The summed E-state index contributed by atoms with van der Waals surface area (Å²) in [6.07, 6.45) is 3.39. The molecule has 0 spiro atoms. The Kier molecular flexibility index (Phi) is 5.61. The predicted octanol–water partition coefficient (Wildman–Crippen LogP) is 5.03. The Morgan fingerprint density at radius 3 is 2.30 bits per heavy atom. The number of hydrogen-bond acceptors (Lipinski definition) is 2. The van der Waals surface area contributed by atoms with Gasteiger partial charge in [-0.15, -0.1) is 0 Å². The molecule has 2 aromatic rings. The van der Waals surface area contributed by atoms with Gasteiger partial charge >= 0.3 is 0 Å². The Balaban J connectivity index is 2.13. The molecular weight excluding hydrogens is 354 g/mol. The molecule has 2 aromatic carbocycles. The van der Waals surface area contributed by atoms with Crippen molar-refractivity contribution >= 4 is 33.6 Å². The number of ether oxygens (including phenoxy) is 1. The number of carbonyl (C=O) groups is 1. The maximum Gasteiger partial charge on any atom is 0.248 e. The normalized spacial score (nSPS) is 10.8. The Labute approximate surface area is 145 Å². The molecule has 0 aliphatic heterocycles. The molecule has 0 aliphatic rings. The highest BCUT2D eigenvalue weighted by Gasteiger charge is 2.04. The Bertz CT molecular complexity index is 743. The number of amides is 1. The van der Waals surface area contributed by atoms with Crippen LogP contribution in [-0.4, -0.2) is 13.0 Å². The van der Waals surface area contributed by atoms with Crippen molar-refractivity contribution in [3.05, 3.63) is 63.1 Å². The summed E-state index contributed by atoms with van der Waals surface area (Å²) in [7, 11) is 1.65. The van der Waals surface area contributed by atoms with Gasteiger partial charge < -0.3 is 10.1 Å². The number of aryl methyl sites for hydroxylation is 3. The number of hydrogen-bond donors (Lipinski definition) is 1. The molecule has 0 aliphatic carbocycles. The Morgan fingerprint density at radius 1 is 1.09 bits per heavy atom. The van der Waals surface area contributed by atoms with E-state index in [1.807, 2.05) is 57.2 Å². The fourth-order valence-corrected chi connectivity index (χ4v) is 2.63. The number of carbonyl (C=O) groups excluding carboxylic acids is 1. The average Bonchev–Trinajstić information content (AvgIpc) is 2.50. The fraction of sp³-hybridized carbons (Fsp3) is 0.211. The van der Waals surface area contributed by atoms with Crippen LogP contribution in [0.1, 0.15) is 22.3 Å². The first-order valence-electron chi connectivity index (χ1n) is 7.31. The average molecular weight is 374 g/mol. The van der Waals surface area contributed by atoms with E-state index in [2.05, 4.69) is 21.2 Å². The van der Waals surface area contributed by atoms with Crippen molar-refractivity contribution < 1.29 is 9.53 Å². The van der Waals surface area contributed by atoms with Gasteiger partial charge in [-0.25, -0.2) is 0 Å². The minimum Gasteiger partial charge on any atom is -0.497 e.